The molecule has 1 saturated heterocycles. The molecule has 0 unspecified atom stereocenters. The van der Waals surface area contributed by atoms with Crippen LogP contribution in [0.15, 0.2) is 54.6 Å². The number of ether oxygens (including phenoxy) is 1. The topological polar surface area (TPSA) is 61.9 Å². The molecular weight excluding hydrogens is 330 g/mol. The van der Waals surface area contributed by atoms with Crippen LogP contribution in [0, 0.1) is 0 Å². The normalized spacial score (nSPS) is 14.0. The van der Waals surface area contributed by atoms with Crippen molar-refractivity contribution < 1.29 is 14.3 Å². The molecule has 26 heavy (non-hydrogen) atoms. The van der Waals surface area contributed by atoms with Crippen molar-refractivity contribution in [2.24, 2.45) is 0 Å². The molecular formula is C20H23N3O3. The summed E-state index contributed by atoms with van der Waals surface area (Å²) in [4.78, 5) is 29.1. The second-order valence-corrected chi connectivity index (χ2v) is 6.09. The summed E-state index contributed by atoms with van der Waals surface area (Å²) >= 11 is 0. The van der Waals surface area contributed by atoms with Gasteiger partial charge in [-0.2, -0.15) is 0 Å². The summed E-state index contributed by atoms with van der Waals surface area (Å²) in [5.41, 5.74) is 1.22. The van der Waals surface area contributed by atoms with Crippen molar-refractivity contribution in [1.29, 1.82) is 0 Å². The number of para-hydroxylation sites is 1. The van der Waals surface area contributed by atoms with Crippen LogP contribution in [0.2, 0.25) is 0 Å². The zero-order valence-electron chi connectivity index (χ0n) is 14.9. The SMILES string of the molecule is COc1ccc(C(=O)N(CC(=O)N2CCNCC2)c2ccccc2)cc1. The maximum atomic E-state index is 13.1. The number of benzene rings is 2. The third kappa shape index (κ3) is 4.21. The van der Waals surface area contributed by atoms with Crippen molar-refractivity contribution in [1.82, 2.24) is 10.2 Å². The van der Waals surface area contributed by atoms with Crippen molar-refractivity contribution in [3.8, 4) is 5.75 Å². The predicted octanol–water partition coefficient (Wildman–Crippen LogP) is 1.77. The van der Waals surface area contributed by atoms with E-state index < -0.39 is 0 Å². The van der Waals surface area contributed by atoms with Gasteiger partial charge in [0.25, 0.3) is 5.91 Å². The molecule has 2 aromatic carbocycles. The van der Waals surface area contributed by atoms with Crippen LogP contribution in [0.3, 0.4) is 0 Å². The largest absolute Gasteiger partial charge is 0.497 e. The summed E-state index contributed by atoms with van der Waals surface area (Å²) in [7, 11) is 1.58. The molecule has 1 fully saturated rings. The Hall–Kier alpha value is -2.86. The van der Waals surface area contributed by atoms with E-state index in [0.29, 0.717) is 30.1 Å². The maximum absolute atomic E-state index is 13.1. The summed E-state index contributed by atoms with van der Waals surface area (Å²) in [5.74, 6) is 0.434. The molecule has 1 heterocycles. The molecule has 0 aromatic heterocycles. The number of hydrogen-bond donors (Lipinski definition) is 1. The molecule has 1 aliphatic rings. The molecule has 1 N–H and O–H groups in total. The number of nitrogens with zero attached hydrogens (tertiary/aromatic N) is 2. The van der Waals surface area contributed by atoms with Gasteiger partial charge in [0.15, 0.2) is 0 Å². The highest BCUT2D eigenvalue weighted by Gasteiger charge is 2.24. The Morgan fingerprint density at radius 1 is 1.04 bits per heavy atom. The molecule has 0 bridgehead atoms. The van der Waals surface area contributed by atoms with E-state index in [2.05, 4.69) is 5.32 Å². The van der Waals surface area contributed by atoms with E-state index in [1.54, 1.807) is 36.3 Å². The number of carbonyl (C=O) groups excluding carboxylic acids is 2. The second-order valence-electron chi connectivity index (χ2n) is 6.09. The van der Waals surface area contributed by atoms with Gasteiger partial charge in [-0.15, -0.1) is 0 Å². The zero-order chi connectivity index (χ0) is 18.4. The molecule has 0 spiro atoms. The number of anilines is 1. The average molecular weight is 353 g/mol. The number of carbonyl (C=O) groups is 2. The molecule has 0 atom stereocenters. The minimum Gasteiger partial charge on any atom is -0.497 e. The van der Waals surface area contributed by atoms with Crippen molar-refractivity contribution in [2.45, 2.75) is 0 Å². The minimum absolute atomic E-state index is 0.0227. The van der Waals surface area contributed by atoms with Crippen LogP contribution in [0.5, 0.6) is 5.75 Å². The first kappa shape index (κ1) is 17.9. The van der Waals surface area contributed by atoms with E-state index in [4.69, 9.17) is 4.74 Å². The van der Waals surface area contributed by atoms with Gasteiger partial charge in [0.2, 0.25) is 5.91 Å². The van der Waals surface area contributed by atoms with Crippen molar-refractivity contribution >= 4 is 17.5 Å². The summed E-state index contributed by atoms with van der Waals surface area (Å²) < 4.78 is 5.15. The number of methoxy groups -OCH3 is 1. The van der Waals surface area contributed by atoms with Gasteiger partial charge in [0.05, 0.1) is 7.11 Å². The molecule has 2 amide bonds. The standard InChI is InChI=1S/C20H23N3O3/c1-26-18-9-7-16(8-10-18)20(25)23(17-5-3-2-4-6-17)15-19(24)22-13-11-21-12-14-22/h2-10,21H,11-15H2,1H3. The molecule has 2 aromatic rings. The fourth-order valence-electron chi connectivity index (χ4n) is 2.93. The van der Waals surface area contributed by atoms with Crippen LogP contribution in [-0.4, -0.2) is 56.5 Å². The molecule has 6 nitrogen and oxygen atoms in total. The Morgan fingerprint density at radius 3 is 2.31 bits per heavy atom. The second kappa shape index (κ2) is 8.49. The Kier molecular flexibility index (Phi) is 5.86. The number of piperazine rings is 1. The lowest BCUT2D eigenvalue weighted by Gasteiger charge is -2.30. The lowest BCUT2D eigenvalue weighted by atomic mass is 10.1. The van der Waals surface area contributed by atoms with Gasteiger partial charge in [0.1, 0.15) is 12.3 Å². The molecule has 0 aliphatic carbocycles. The molecule has 0 radical (unpaired) electrons. The van der Waals surface area contributed by atoms with Crippen molar-refractivity contribution in [3.63, 3.8) is 0 Å². The Balaban J connectivity index is 1.82. The van der Waals surface area contributed by atoms with E-state index >= 15 is 0 Å². The lowest BCUT2D eigenvalue weighted by Crippen LogP contribution is -2.50. The highest BCUT2D eigenvalue weighted by atomic mass is 16.5. The lowest BCUT2D eigenvalue weighted by molar-refractivity contribution is -0.130. The van der Waals surface area contributed by atoms with Crippen LogP contribution in [0.1, 0.15) is 10.4 Å². The summed E-state index contributed by atoms with van der Waals surface area (Å²) in [6, 6.07) is 16.2. The molecule has 136 valence electrons. The van der Waals surface area contributed by atoms with Crippen molar-refractivity contribution in [2.75, 3.05) is 44.7 Å². The Morgan fingerprint density at radius 2 is 1.69 bits per heavy atom. The molecule has 3 rings (SSSR count). The van der Waals surface area contributed by atoms with E-state index in [0.717, 1.165) is 13.1 Å². The van der Waals surface area contributed by atoms with Crippen LogP contribution >= 0.6 is 0 Å². The van der Waals surface area contributed by atoms with Crippen LogP contribution < -0.4 is 15.0 Å². The Labute approximate surface area is 153 Å². The highest BCUT2D eigenvalue weighted by Crippen LogP contribution is 2.19. The van der Waals surface area contributed by atoms with Crippen LogP contribution in [-0.2, 0) is 4.79 Å². The number of nitrogens with one attached hydrogen (secondary N) is 1. The minimum atomic E-state index is -0.206. The molecule has 6 heteroatoms. The zero-order valence-corrected chi connectivity index (χ0v) is 14.9. The average Bonchev–Trinajstić information content (AvgIpc) is 2.72. The van der Waals surface area contributed by atoms with Gasteiger partial charge in [-0.05, 0) is 36.4 Å². The van der Waals surface area contributed by atoms with Gasteiger partial charge >= 0.3 is 0 Å². The first-order chi connectivity index (χ1) is 12.7. The number of hydrogen-bond acceptors (Lipinski definition) is 4. The fourth-order valence-corrected chi connectivity index (χ4v) is 2.93. The van der Waals surface area contributed by atoms with Crippen LogP contribution in [0.4, 0.5) is 5.69 Å². The molecule has 1 aliphatic heterocycles. The third-order valence-corrected chi connectivity index (χ3v) is 4.41. The first-order valence-electron chi connectivity index (χ1n) is 8.68. The summed E-state index contributed by atoms with van der Waals surface area (Å²) in [6.45, 7) is 2.91. The molecule has 0 saturated carbocycles. The van der Waals surface area contributed by atoms with E-state index in [-0.39, 0.29) is 18.4 Å². The van der Waals surface area contributed by atoms with Gasteiger partial charge in [-0.1, -0.05) is 18.2 Å². The van der Waals surface area contributed by atoms with Gasteiger partial charge in [-0.25, -0.2) is 0 Å². The van der Waals surface area contributed by atoms with E-state index in [1.165, 1.54) is 4.90 Å². The summed E-state index contributed by atoms with van der Waals surface area (Å²) in [5, 5.41) is 3.23. The van der Waals surface area contributed by atoms with Crippen molar-refractivity contribution in [3.05, 3.63) is 60.2 Å². The first-order valence-corrected chi connectivity index (χ1v) is 8.68. The number of amides is 2. The van der Waals surface area contributed by atoms with Gasteiger partial charge < -0.3 is 15.0 Å². The smallest absolute Gasteiger partial charge is 0.258 e. The maximum Gasteiger partial charge on any atom is 0.258 e. The third-order valence-electron chi connectivity index (χ3n) is 4.41. The predicted molar refractivity (Wildman–Crippen MR) is 101 cm³/mol. The van der Waals surface area contributed by atoms with Gasteiger partial charge in [-0.3, -0.25) is 14.5 Å². The summed E-state index contributed by atoms with van der Waals surface area (Å²) in [6.07, 6.45) is 0. The van der Waals surface area contributed by atoms with Gasteiger partial charge in [0, 0.05) is 37.4 Å². The quantitative estimate of drug-likeness (QED) is 0.890. The van der Waals surface area contributed by atoms with Crippen LogP contribution in [0.25, 0.3) is 0 Å². The fraction of sp³-hybridized carbons (Fsp3) is 0.300. The van der Waals surface area contributed by atoms with E-state index in [1.807, 2.05) is 30.3 Å². The highest BCUT2D eigenvalue weighted by molar-refractivity contribution is 6.08. The monoisotopic (exact) mass is 353 g/mol. The Bertz CT molecular complexity index is 741. The number of rotatable bonds is 5. The van der Waals surface area contributed by atoms with E-state index in [9.17, 15) is 9.59 Å².